The average molecular weight is 451 g/mol. The van der Waals surface area contributed by atoms with Gasteiger partial charge in [0.05, 0.1) is 24.3 Å². The van der Waals surface area contributed by atoms with Crippen LogP contribution in [0.5, 0.6) is 11.5 Å². The summed E-state index contributed by atoms with van der Waals surface area (Å²) in [5.41, 5.74) is 2.13. The predicted octanol–water partition coefficient (Wildman–Crippen LogP) is 4.58. The van der Waals surface area contributed by atoms with Gasteiger partial charge in [-0.05, 0) is 61.7 Å². The number of nitrogens with one attached hydrogen (secondary N) is 1. The molecule has 0 aromatic heterocycles. The number of methoxy groups -OCH3 is 2. The Hall–Kier alpha value is -1.95. The van der Waals surface area contributed by atoms with Gasteiger partial charge in [-0.1, -0.05) is 41.4 Å². The summed E-state index contributed by atoms with van der Waals surface area (Å²) in [6.07, 6.45) is 2.44. The third-order valence-electron chi connectivity index (χ3n) is 5.54. The first kappa shape index (κ1) is 22.7. The molecule has 5 nitrogen and oxygen atoms in total. The molecule has 3 rings (SSSR count). The van der Waals surface area contributed by atoms with E-state index in [9.17, 15) is 4.79 Å². The maximum absolute atomic E-state index is 12.6. The predicted molar refractivity (Wildman–Crippen MR) is 121 cm³/mol. The molecule has 1 N–H and O–H groups in total. The van der Waals surface area contributed by atoms with E-state index < -0.39 is 0 Å². The van der Waals surface area contributed by atoms with Gasteiger partial charge in [-0.2, -0.15) is 0 Å². The molecule has 1 amide bonds. The smallest absolute Gasteiger partial charge is 0.223 e. The number of ether oxygens (including phenoxy) is 2. The minimum Gasteiger partial charge on any atom is -0.493 e. The lowest BCUT2D eigenvalue weighted by molar-refractivity contribution is -0.126. The Bertz CT molecular complexity index is 868. The van der Waals surface area contributed by atoms with Crippen molar-refractivity contribution in [2.75, 3.05) is 33.9 Å². The molecule has 7 heteroatoms. The molecule has 0 spiro atoms. The van der Waals surface area contributed by atoms with E-state index in [1.54, 1.807) is 20.3 Å². The minimum absolute atomic E-state index is 0.0569. The van der Waals surface area contributed by atoms with E-state index in [2.05, 4.69) is 10.2 Å². The Balaban J connectivity index is 1.43. The summed E-state index contributed by atoms with van der Waals surface area (Å²) >= 11 is 12.4. The van der Waals surface area contributed by atoms with Crippen LogP contribution in [0, 0.1) is 5.92 Å². The van der Waals surface area contributed by atoms with Crippen molar-refractivity contribution >= 4 is 29.1 Å². The standard InChI is InChI=1S/C23H28Cl2N2O3/c1-29-20-7-6-16(14-21(20)30-2)8-11-26-23(28)17-9-12-27(13-10-17)15-18-4-3-5-19(24)22(18)25/h3-7,14,17H,8-13,15H2,1-2H3,(H,26,28). The molecule has 30 heavy (non-hydrogen) atoms. The van der Waals surface area contributed by atoms with Crippen LogP contribution in [0.25, 0.3) is 0 Å². The molecule has 0 atom stereocenters. The zero-order valence-electron chi connectivity index (χ0n) is 17.4. The molecule has 1 saturated heterocycles. The highest BCUT2D eigenvalue weighted by atomic mass is 35.5. The van der Waals surface area contributed by atoms with Crippen LogP contribution >= 0.6 is 23.2 Å². The van der Waals surface area contributed by atoms with Gasteiger partial charge in [0.2, 0.25) is 5.91 Å². The first-order chi connectivity index (χ1) is 14.5. The summed E-state index contributed by atoms with van der Waals surface area (Å²) < 4.78 is 10.6. The fourth-order valence-corrected chi connectivity index (χ4v) is 4.16. The summed E-state index contributed by atoms with van der Waals surface area (Å²) in [4.78, 5) is 14.9. The highest BCUT2D eigenvalue weighted by Crippen LogP contribution is 2.29. The van der Waals surface area contributed by atoms with Gasteiger partial charge in [0.15, 0.2) is 11.5 Å². The molecular formula is C23H28Cl2N2O3. The molecule has 0 radical (unpaired) electrons. The number of piperidine rings is 1. The monoisotopic (exact) mass is 450 g/mol. The molecule has 0 saturated carbocycles. The number of amides is 1. The van der Waals surface area contributed by atoms with E-state index in [4.69, 9.17) is 32.7 Å². The lowest BCUT2D eigenvalue weighted by atomic mass is 9.95. The Morgan fingerprint density at radius 1 is 1.10 bits per heavy atom. The number of carbonyl (C=O) groups is 1. The first-order valence-corrected chi connectivity index (χ1v) is 10.9. The van der Waals surface area contributed by atoms with Gasteiger partial charge in [0, 0.05) is 19.0 Å². The number of hydrogen-bond donors (Lipinski definition) is 1. The van der Waals surface area contributed by atoms with Crippen molar-refractivity contribution < 1.29 is 14.3 Å². The van der Waals surface area contributed by atoms with Crippen LogP contribution in [0.15, 0.2) is 36.4 Å². The number of hydrogen-bond acceptors (Lipinski definition) is 4. The molecule has 1 fully saturated rings. The zero-order valence-corrected chi connectivity index (χ0v) is 18.9. The SMILES string of the molecule is COc1ccc(CCNC(=O)C2CCN(Cc3cccc(Cl)c3Cl)CC2)cc1OC. The fourth-order valence-electron chi connectivity index (χ4n) is 3.78. The molecule has 1 aliphatic rings. The van der Waals surface area contributed by atoms with Gasteiger partial charge in [-0.25, -0.2) is 0 Å². The highest BCUT2D eigenvalue weighted by Gasteiger charge is 2.25. The van der Waals surface area contributed by atoms with E-state index >= 15 is 0 Å². The van der Waals surface area contributed by atoms with Gasteiger partial charge >= 0.3 is 0 Å². The zero-order chi connectivity index (χ0) is 21.5. The number of halogens is 2. The van der Waals surface area contributed by atoms with Crippen molar-refractivity contribution in [1.29, 1.82) is 0 Å². The van der Waals surface area contributed by atoms with Crippen molar-refractivity contribution in [3.8, 4) is 11.5 Å². The summed E-state index contributed by atoms with van der Waals surface area (Å²) in [5, 5.41) is 4.28. The quantitative estimate of drug-likeness (QED) is 0.639. The van der Waals surface area contributed by atoms with Crippen LogP contribution in [0.1, 0.15) is 24.0 Å². The van der Waals surface area contributed by atoms with Crippen molar-refractivity contribution in [2.45, 2.75) is 25.8 Å². The number of carbonyl (C=O) groups excluding carboxylic acids is 1. The lowest BCUT2D eigenvalue weighted by Gasteiger charge is -2.31. The van der Waals surface area contributed by atoms with Gasteiger partial charge in [-0.15, -0.1) is 0 Å². The lowest BCUT2D eigenvalue weighted by Crippen LogP contribution is -2.40. The normalized spacial score (nSPS) is 15.1. The summed E-state index contributed by atoms with van der Waals surface area (Å²) in [5.74, 6) is 1.60. The molecular weight excluding hydrogens is 423 g/mol. The van der Waals surface area contributed by atoms with E-state index in [0.29, 0.717) is 28.1 Å². The Morgan fingerprint density at radius 3 is 2.53 bits per heavy atom. The van der Waals surface area contributed by atoms with Gasteiger partial charge in [-0.3, -0.25) is 9.69 Å². The van der Waals surface area contributed by atoms with Gasteiger partial charge in [0.25, 0.3) is 0 Å². The molecule has 0 unspecified atom stereocenters. The second-order valence-electron chi connectivity index (χ2n) is 7.49. The maximum Gasteiger partial charge on any atom is 0.223 e. The average Bonchev–Trinajstić information content (AvgIpc) is 2.77. The molecule has 2 aromatic rings. The van der Waals surface area contributed by atoms with Crippen LogP contribution in [-0.4, -0.2) is 44.7 Å². The van der Waals surface area contributed by atoms with Crippen molar-refractivity contribution in [1.82, 2.24) is 10.2 Å². The Morgan fingerprint density at radius 2 is 1.83 bits per heavy atom. The van der Waals surface area contributed by atoms with Gasteiger partial charge < -0.3 is 14.8 Å². The van der Waals surface area contributed by atoms with Gasteiger partial charge in [0.1, 0.15) is 0 Å². The number of nitrogens with zero attached hydrogens (tertiary/aromatic N) is 1. The summed E-state index contributed by atoms with van der Waals surface area (Å²) in [7, 11) is 3.24. The van der Waals surface area contributed by atoms with Crippen LogP contribution in [0.3, 0.4) is 0 Å². The topological polar surface area (TPSA) is 50.8 Å². The molecule has 1 aliphatic heterocycles. The molecule has 2 aromatic carbocycles. The second kappa shape index (κ2) is 10.9. The van der Waals surface area contributed by atoms with E-state index in [-0.39, 0.29) is 11.8 Å². The van der Waals surface area contributed by atoms with Crippen LogP contribution < -0.4 is 14.8 Å². The summed E-state index contributed by atoms with van der Waals surface area (Å²) in [6, 6.07) is 11.5. The Kier molecular flexibility index (Phi) is 8.25. The van der Waals surface area contributed by atoms with E-state index in [1.165, 1.54) is 0 Å². The van der Waals surface area contributed by atoms with Crippen molar-refractivity contribution in [2.24, 2.45) is 5.92 Å². The largest absolute Gasteiger partial charge is 0.493 e. The number of rotatable bonds is 8. The van der Waals surface area contributed by atoms with Crippen LogP contribution in [0.4, 0.5) is 0 Å². The second-order valence-corrected chi connectivity index (χ2v) is 8.28. The molecule has 0 aliphatic carbocycles. The van der Waals surface area contributed by atoms with Crippen molar-refractivity contribution in [3.05, 3.63) is 57.6 Å². The van der Waals surface area contributed by atoms with Crippen LogP contribution in [-0.2, 0) is 17.8 Å². The molecule has 0 bridgehead atoms. The third kappa shape index (κ3) is 5.81. The fraction of sp³-hybridized carbons (Fsp3) is 0.435. The Labute approximate surface area is 188 Å². The first-order valence-electron chi connectivity index (χ1n) is 10.2. The minimum atomic E-state index is 0.0569. The molecule has 1 heterocycles. The van der Waals surface area contributed by atoms with Crippen LogP contribution in [0.2, 0.25) is 10.0 Å². The number of likely N-dealkylation sites (tertiary alicyclic amines) is 1. The van der Waals surface area contributed by atoms with Crippen molar-refractivity contribution in [3.63, 3.8) is 0 Å². The van der Waals surface area contributed by atoms with E-state index in [1.807, 2.05) is 30.3 Å². The molecule has 162 valence electrons. The maximum atomic E-state index is 12.6. The summed E-state index contributed by atoms with van der Waals surface area (Å²) in [6.45, 7) is 3.10. The highest BCUT2D eigenvalue weighted by molar-refractivity contribution is 6.42. The third-order valence-corrected chi connectivity index (χ3v) is 6.40. The number of benzene rings is 2. The van der Waals surface area contributed by atoms with E-state index in [0.717, 1.165) is 50.0 Å².